The van der Waals surface area contributed by atoms with Crippen molar-refractivity contribution >= 4 is 0 Å². The molecule has 0 aliphatic carbocycles. The summed E-state index contributed by atoms with van der Waals surface area (Å²) in [5.41, 5.74) is -0.292. The van der Waals surface area contributed by atoms with E-state index in [-0.39, 0.29) is 0 Å². The van der Waals surface area contributed by atoms with Gasteiger partial charge in [0.1, 0.15) is 5.60 Å². The summed E-state index contributed by atoms with van der Waals surface area (Å²) in [5.74, 6) is 5.36. The Balaban J connectivity index is 3.00. The van der Waals surface area contributed by atoms with Crippen molar-refractivity contribution in [2.24, 2.45) is 0 Å². The molecule has 0 saturated heterocycles. The molecule has 0 amide bonds. The van der Waals surface area contributed by atoms with Crippen LogP contribution in [0.3, 0.4) is 0 Å². The maximum atomic E-state index is 9.90. The maximum absolute atomic E-state index is 9.90. The third kappa shape index (κ3) is 2.47. The van der Waals surface area contributed by atoms with Crippen molar-refractivity contribution in [2.45, 2.75) is 12.5 Å². The van der Waals surface area contributed by atoms with Gasteiger partial charge in [-0.15, -0.1) is 0 Å². The zero-order valence-corrected chi connectivity index (χ0v) is 7.62. The fourth-order valence-electron chi connectivity index (χ4n) is 1.03. The molecule has 0 aromatic heterocycles. The van der Waals surface area contributed by atoms with Gasteiger partial charge in [0, 0.05) is 0 Å². The van der Waals surface area contributed by atoms with Gasteiger partial charge in [-0.05, 0) is 18.6 Å². The molecule has 1 nitrogen and oxygen atoms in total. The predicted octanol–water partition coefficient (Wildman–Crippen LogP) is 2.08. The van der Waals surface area contributed by atoms with Crippen LogP contribution in [0.15, 0.2) is 43.0 Å². The average Bonchev–Trinajstić information content (AvgIpc) is 2.16. The van der Waals surface area contributed by atoms with E-state index in [1.165, 1.54) is 6.08 Å². The SMILES string of the molecule is C=CC#C[C@](C)(O)c1ccccc1. The predicted molar refractivity (Wildman–Crippen MR) is 54.0 cm³/mol. The minimum Gasteiger partial charge on any atom is -0.374 e. The van der Waals surface area contributed by atoms with Gasteiger partial charge in [0.05, 0.1) is 0 Å². The Morgan fingerprint density at radius 2 is 2.00 bits per heavy atom. The van der Waals surface area contributed by atoms with Gasteiger partial charge >= 0.3 is 0 Å². The lowest BCUT2D eigenvalue weighted by molar-refractivity contribution is 0.122. The smallest absolute Gasteiger partial charge is 0.148 e. The van der Waals surface area contributed by atoms with E-state index in [2.05, 4.69) is 18.4 Å². The Hall–Kier alpha value is -1.52. The topological polar surface area (TPSA) is 20.2 Å². The van der Waals surface area contributed by atoms with Crippen LogP contribution in [0.1, 0.15) is 12.5 Å². The van der Waals surface area contributed by atoms with Crippen LogP contribution >= 0.6 is 0 Å². The van der Waals surface area contributed by atoms with Crippen molar-refractivity contribution in [3.05, 3.63) is 48.6 Å². The second-order valence-corrected chi connectivity index (χ2v) is 2.91. The molecule has 0 unspecified atom stereocenters. The molecule has 1 rings (SSSR count). The summed E-state index contributed by atoms with van der Waals surface area (Å²) >= 11 is 0. The second-order valence-electron chi connectivity index (χ2n) is 2.91. The van der Waals surface area contributed by atoms with Crippen molar-refractivity contribution in [2.75, 3.05) is 0 Å². The summed E-state index contributed by atoms with van der Waals surface area (Å²) < 4.78 is 0. The van der Waals surface area contributed by atoms with Crippen molar-refractivity contribution in [1.82, 2.24) is 0 Å². The van der Waals surface area contributed by atoms with E-state index < -0.39 is 5.60 Å². The van der Waals surface area contributed by atoms with Gasteiger partial charge in [-0.25, -0.2) is 0 Å². The first-order valence-corrected chi connectivity index (χ1v) is 4.08. The zero-order chi connectivity index (χ0) is 9.73. The number of rotatable bonds is 1. The lowest BCUT2D eigenvalue weighted by atomic mass is 9.97. The van der Waals surface area contributed by atoms with Crippen molar-refractivity contribution in [3.63, 3.8) is 0 Å². The fourth-order valence-corrected chi connectivity index (χ4v) is 1.03. The van der Waals surface area contributed by atoms with E-state index in [4.69, 9.17) is 0 Å². The number of hydrogen-bond donors (Lipinski definition) is 1. The monoisotopic (exact) mass is 172 g/mol. The Bertz CT molecular complexity index is 338. The molecule has 0 radical (unpaired) electrons. The summed E-state index contributed by atoms with van der Waals surface area (Å²) in [4.78, 5) is 0. The normalized spacial score (nSPS) is 13.7. The van der Waals surface area contributed by atoms with Crippen LogP contribution < -0.4 is 0 Å². The van der Waals surface area contributed by atoms with Crippen LogP contribution in [-0.4, -0.2) is 5.11 Å². The van der Waals surface area contributed by atoms with Crippen molar-refractivity contribution in [1.29, 1.82) is 0 Å². The molecule has 13 heavy (non-hydrogen) atoms. The summed E-state index contributed by atoms with van der Waals surface area (Å²) in [6.45, 7) is 5.14. The van der Waals surface area contributed by atoms with E-state index in [0.29, 0.717) is 0 Å². The first-order chi connectivity index (χ1) is 6.17. The average molecular weight is 172 g/mol. The van der Waals surface area contributed by atoms with Crippen LogP contribution in [0, 0.1) is 11.8 Å². The van der Waals surface area contributed by atoms with E-state index >= 15 is 0 Å². The molecule has 0 aliphatic heterocycles. The minimum atomic E-state index is -1.09. The summed E-state index contributed by atoms with van der Waals surface area (Å²) in [7, 11) is 0. The molecule has 1 aromatic rings. The van der Waals surface area contributed by atoms with Gasteiger partial charge in [-0.3, -0.25) is 0 Å². The molecule has 1 atom stereocenters. The van der Waals surface area contributed by atoms with Crippen LogP contribution in [0.25, 0.3) is 0 Å². The first kappa shape index (κ1) is 9.57. The minimum absolute atomic E-state index is 0.796. The first-order valence-electron chi connectivity index (χ1n) is 4.08. The fraction of sp³-hybridized carbons (Fsp3) is 0.167. The molecular weight excluding hydrogens is 160 g/mol. The van der Waals surface area contributed by atoms with Crippen molar-refractivity contribution < 1.29 is 5.11 Å². The van der Waals surface area contributed by atoms with E-state index in [1.54, 1.807) is 6.92 Å². The Labute approximate surface area is 78.7 Å². The molecule has 0 spiro atoms. The van der Waals surface area contributed by atoms with Gasteiger partial charge in [0.2, 0.25) is 0 Å². The van der Waals surface area contributed by atoms with Gasteiger partial charge < -0.3 is 5.11 Å². The van der Waals surface area contributed by atoms with Gasteiger partial charge in [0.15, 0.2) is 0 Å². The molecule has 0 heterocycles. The van der Waals surface area contributed by atoms with Crippen LogP contribution in [-0.2, 0) is 5.60 Å². The maximum Gasteiger partial charge on any atom is 0.148 e. The molecule has 0 aliphatic rings. The Morgan fingerprint density at radius 1 is 1.38 bits per heavy atom. The molecular formula is C12H12O. The van der Waals surface area contributed by atoms with Gasteiger partial charge in [-0.1, -0.05) is 48.8 Å². The molecule has 0 fully saturated rings. The number of benzene rings is 1. The van der Waals surface area contributed by atoms with Gasteiger partial charge in [-0.2, -0.15) is 0 Å². The zero-order valence-electron chi connectivity index (χ0n) is 7.62. The largest absolute Gasteiger partial charge is 0.374 e. The standard InChI is InChI=1S/C12H12O/c1-3-4-10-12(2,13)11-8-6-5-7-9-11/h3,5-9,13H,1H2,2H3/t12-/m0/s1. The van der Waals surface area contributed by atoms with Crippen LogP contribution in [0.5, 0.6) is 0 Å². The lowest BCUT2D eigenvalue weighted by Crippen LogP contribution is -2.17. The third-order valence-electron chi connectivity index (χ3n) is 1.75. The Morgan fingerprint density at radius 3 is 2.54 bits per heavy atom. The van der Waals surface area contributed by atoms with Crippen LogP contribution in [0.2, 0.25) is 0 Å². The van der Waals surface area contributed by atoms with Crippen molar-refractivity contribution in [3.8, 4) is 11.8 Å². The summed E-state index contributed by atoms with van der Waals surface area (Å²) in [6, 6.07) is 9.34. The molecule has 66 valence electrons. The molecule has 0 bridgehead atoms. The van der Waals surface area contributed by atoms with Crippen LogP contribution in [0.4, 0.5) is 0 Å². The van der Waals surface area contributed by atoms with E-state index in [1.807, 2.05) is 30.3 Å². The number of aliphatic hydroxyl groups is 1. The molecule has 1 N–H and O–H groups in total. The molecule has 1 aromatic carbocycles. The second kappa shape index (κ2) is 3.93. The highest BCUT2D eigenvalue weighted by atomic mass is 16.3. The molecule has 0 saturated carbocycles. The van der Waals surface area contributed by atoms with Gasteiger partial charge in [0.25, 0.3) is 0 Å². The highest BCUT2D eigenvalue weighted by molar-refractivity contribution is 5.32. The summed E-state index contributed by atoms with van der Waals surface area (Å²) in [6.07, 6.45) is 1.47. The summed E-state index contributed by atoms with van der Waals surface area (Å²) in [5, 5.41) is 9.90. The highest BCUT2D eigenvalue weighted by Gasteiger charge is 2.18. The van der Waals surface area contributed by atoms with E-state index in [9.17, 15) is 5.11 Å². The number of allylic oxidation sites excluding steroid dienone is 1. The molecule has 1 heteroatoms. The van der Waals surface area contributed by atoms with E-state index in [0.717, 1.165) is 5.56 Å². The lowest BCUT2D eigenvalue weighted by Gasteiger charge is -2.16. The highest BCUT2D eigenvalue weighted by Crippen LogP contribution is 2.18. The third-order valence-corrected chi connectivity index (χ3v) is 1.75. The quantitative estimate of drug-likeness (QED) is 0.643. The Kier molecular flexibility index (Phi) is 2.89. The number of hydrogen-bond acceptors (Lipinski definition) is 1.